The number of unbranched alkanes of at least 4 members (excludes halogenated alkanes) is 1. The van der Waals surface area contributed by atoms with Crippen LogP contribution in [-0.2, 0) is 13.0 Å². The number of aryl methyl sites for hydroxylation is 1. The van der Waals surface area contributed by atoms with Crippen LogP contribution in [0.4, 0.5) is 0 Å². The molecule has 3 aromatic rings. The van der Waals surface area contributed by atoms with Crippen molar-refractivity contribution in [3.8, 4) is 17.1 Å². The minimum Gasteiger partial charge on any atom is -0.463 e. The van der Waals surface area contributed by atoms with E-state index in [1.165, 1.54) is 49.9 Å². The van der Waals surface area contributed by atoms with E-state index in [0.29, 0.717) is 0 Å². The first-order valence-corrected chi connectivity index (χ1v) is 9.77. The lowest BCUT2D eigenvalue weighted by atomic mass is 10.1. The fourth-order valence-corrected chi connectivity index (χ4v) is 3.66. The zero-order valence-corrected chi connectivity index (χ0v) is 15.5. The molecular weight excluding hydrogens is 322 g/mol. The average Bonchev–Trinajstić information content (AvgIpc) is 3.42. The van der Waals surface area contributed by atoms with Gasteiger partial charge >= 0.3 is 0 Å². The normalized spacial score (nSPS) is 15.0. The summed E-state index contributed by atoms with van der Waals surface area (Å²) in [5.74, 6) is 0.845. The van der Waals surface area contributed by atoms with Gasteiger partial charge in [-0.3, -0.25) is 4.90 Å². The van der Waals surface area contributed by atoms with Crippen LogP contribution in [0.25, 0.3) is 17.1 Å². The van der Waals surface area contributed by atoms with E-state index in [2.05, 4.69) is 42.3 Å². The van der Waals surface area contributed by atoms with Crippen molar-refractivity contribution in [1.82, 2.24) is 14.7 Å². The van der Waals surface area contributed by atoms with Crippen molar-refractivity contribution < 1.29 is 4.42 Å². The van der Waals surface area contributed by atoms with Crippen molar-refractivity contribution in [3.63, 3.8) is 0 Å². The molecule has 0 atom stereocenters. The van der Waals surface area contributed by atoms with Gasteiger partial charge in [-0.25, -0.2) is 4.68 Å². The number of benzene rings is 1. The number of aromatic nitrogens is 2. The van der Waals surface area contributed by atoms with Gasteiger partial charge in [0.05, 0.1) is 12.0 Å². The van der Waals surface area contributed by atoms with Gasteiger partial charge in [0.25, 0.3) is 0 Å². The molecule has 0 saturated carbocycles. The minimum atomic E-state index is 0.845. The molecule has 4 heteroatoms. The fraction of sp³-hybridized carbons (Fsp3) is 0.409. The van der Waals surface area contributed by atoms with E-state index in [0.717, 1.165) is 30.1 Å². The minimum absolute atomic E-state index is 0.845. The summed E-state index contributed by atoms with van der Waals surface area (Å²) in [6, 6.07) is 12.7. The number of nitrogens with zero attached hydrogens (tertiary/aromatic N) is 3. The summed E-state index contributed by atoms with van der Waals surface area (Å²) in [6.07, 6.45) is 10.1. The topological polar surface area (TPSA) is 34.2 Å². The lowest BCUT2D eigenvalue weighted by molar-refractivity contribution is 0.331. The highest BCUT2D eigenvalue weighted by Crippen LogP contribution is 2.26. The van der Waals surface area contributed by atoms with Crippen molar-refractivity contribution in [2.45, 2.75) is 45.6 Å². The van der Waals surface area contributed by atoms with Crippen molar-refractivity contribution in [3.05, 3.63) is 60.0 Å². The molecule has 4 nitrogen and oxygen atoms in total. The molecule has 0 spiro atoms. The van der Waals surface area contributed by atoms with Gasteiger partial charge in [-0.2, -0.15) is 5.10 Å². The van der Waals surface area contributed by atoms with E-state index < -0.39 is 0 Å². The number of likely N-dealkylation sites (tertiary alicyclic amines) is 1. The molecule has 26 heavy (non-hydrogen) atoms. The maximum atomic E-state index is 5.64. The Kier molecular flexibility index (Phi) is 5.21. The summed E-state index contributed by atoms with van der Waals surface area (Å²) in [5.41, 5.74) is 4.69. The summed E-state index contributed by atoms with van der Waals surface area (Å²) in [7, 11) is 0. The van der Waals surface area contributed by atoms with E-state index in [1.807, 2.05) is 16.8 Å². The first-order chi connectivity index (χ1) is 12.8. The molecule has 0 bridgehead atoms. The third-order valence-corrected chi connectivity index (χ3v) is 5.16. The third-order valence-electron chi connectivity index (χ3n) is 5.16. The second-order valence-electron chi connectivity index (χ2n) is 7.18. The molecule has 0 N–H and O–H groups in total. The van der Waals surface area contributed by atoms with Gasteiger partial charge in [-0.05, 0) is 68.6 Å². The molecular formula is C22H27N3O. The van der Waals surface area contributed by atoms with Crippen LogP contribution in [0.3, 0.4) is 0 Å². The Morgan fingerprint density at radius 3 is 2.58 bits per heavy atom. The Labute approximate surface area is 155 Å². The van der Waals surface area contributed by atoms with Gasteiger partial charge in [-0.15, -0.1) is 0 Å². The Morgan fingerprint density at radius 2 is 1.88 bits per heavy atom. The Bertz CT molecular complexity index is 812. The Hall–Kier alpha value is -2.33. The number of furan rings is 1. The molecule has 0 unspecified atom stereocenters. The first-order valence-electron chi connectivity index (χ1n) is 9.77. The Balaban J connectivity index is 1.61. The molecule has 0 aliphatic carbocycles. The maximum absolute atomic E-state index is 5.64. The van der Waals surface area contributed by atoms with Crippen molar-refractivity contribution in [1.29, 1.82) is 0 Å². The molecule has 1 aliphatic heterocycles. The largest absolute Gasteiger partial charge is 0.463 e. The van der Waals surface area contributed by atoms with Crippen LogP contribution < -0.4 is 0 Å². The van der Waals surface area contributed by atoms with Gasteiger partial charge < -0.3 is 4.42 Å². The molecule has 3 heterocycles. The highest BCUT2D eigenvalue weighted by atomic mass is 16.3. The highest BCUT2D eigenvalue weighted by molar-refractivity contribution is 5.57. The summed E-state index contributed by atoms with van der Waals surface area (Å²) in [6.45, 7) is 5.52. The van der Waals surface area contributed by atoms with Gasteiger partial charge in [0.2, 0.25) is 0 Å². The van der Waals surface area contributed by atoms with Crippen LogP contribution in [0.1, 0.15) is 43.7 Å². The molecule has 1 aromatic carbocycles. The predicted molar refractivity (Wildman–Crippen MR) is 104 cm³/mol. The average molecular weight is 349 g/mol. The van der Waals surface area contributed by atoms with Gasteiger partial charge in [0.1, 0.15) is 5.69 Å². The molecule has 4 rings (SSSR count). The van der Waals surface area contributed by atoms with Crippen LogP contribution in [0.15, 0.2) is 53.3 Å². The lowest BCUT2D eigenvalue weighted by Crippen LogP contribution is -2.18. The van der Waals surface area contributed by atoms with Crippen molar-refractivity contribution in [2.75, 3.05) is 13.1 Å². The number of hydrogen-bond donors (Lipinski definition) is 0. The number of hydrogen-bond acceptors (Lipinski definition) is 3. The fourth-order valence-electron chi connectivity index (χ4n) is 3.66. The smallest absolute Gasteiger partial charge is 0.154 e. The monoisotopic (exact) mass is 349 g/mol. The van der Waals surface area contributed by atoms with E-state index in [1.54, 1.807) is 6.26 Å². The van der Waals surface area contributed by atoms with E-state index in [9.17, 15) is 0 Å². The first kappa shape index (κ1) is 17.1. The molecule has 0 amide bonds. The second-order valence-corrected chi connectivity index (χ2v) is 7.18. The maximum Gasteiger partial charge on any atom is 0.154 e. The zero-order valence-electron chi connectivity index (χ0n) is 15.5. The molecule has 136 valence electrons. The second kappa shape index (κ2) is 7.92. The summed E-state index contributed by atoms with van der Waals surface area (Å²) >= 11 is 0. The van der Waals surface area contributed by atoms with Crippen molar-refractivity contribution >= 4 is 0 Å². The molecule has 1 fully saturated rings. The Morgan fingerprint density at radius 1 is 1.08 bits per heavy atom. The van der Waals surface area contributed by atoms with Crippen LogP contribution >= 0.6 is 0 Å². The van der Waals surface area contributed by atoms with Crippen LogP contribution in [-0.4, -0.2) is 27.8 Å². The third kappa shape index (κ3) is 3.75. The van der Waals surface area contributed by atoms with Gasteiger partial charge in [0.15, 0.2) is 5.76 Å². The SMILES string of the molecule is CCCCc1ccc(-n2cc(CN3CCCC3)c(-c3ccco3)n2)cc1. The predicted octanol–water partition coefficient (Wildman–Crippen LogP) is 5.07. The number of rotatable bonds is 7. The van der Waals surface area contributed by atoms with E-state index in [4.69, 9.17) is 9.52 Å². The zero-order chi connectivity index (χ0) is 17.8. The molecule has 1 saturated heterocycles. The van der Waals surface area contributed by atoms with Crippen LogP contribution in [0, 0.1) is 0 Å². The van der Waals surface area contributed by atoms with Gasteiger partial charge in [-0.1, -0.05) is 25.5 Å². The van der Waals surface area contributed by atoms with Crippen LogP contribution in [0.2, 0.25) is 0 Å². The lowest BCUT2D eigenvalue weighted by Gasteiger charge is -2.13. The summed E-state index contributed by atoms with van der Waals surface area (Å²) in [4.78, 5) is 2.50. The van der Waals surface area contributed by atoms with E-state index >= 15 is 0 Å². The van der Waals surface area contributed by atoms with Crippen LogP contribution in [0.5, 0.6) is 0 Å². The van der Waals surface area contributed by atoms with Gasteiger partial charge in [0, 0.05) is 18.3 Å². The molecule has 0 radical (unpaired) electrons. The summed E-state index contributed by atoms with van der Waals surface area (Å²) in [5, 5.41) is 4.85. The molecule has 1 aliphatic rings. The van der Waals surface area contributed by atoms with E-state index in [-0.39, 0.29) is 0 Å². The molecule has 2 aromatic heterocycles. The summed E-state index contributed by atoms with van der Waals surface area (Å²) < 4.78 is 7.64. The standard InChI is InChI=1S/C22H27N3O/c1-2-3-7-18-9-11-20(12-10-18)25-17-19(16-24-13-4-5-14-24)22(23-25)21-8-6-15-26-21/h6,8-12,15,17H,2-5,7,13-14,16H2,1H3. The quantitative estimate of drug-likeness (QED) is 0.597. The highest BCUT2D eigenvalue weighted by Gasteiger charge is 2.19. The van der Waals surface area contributed by atoms with Crippen molar-refractivity contribution in [2.24, 2.45) is 0 Å².